The maximum Gasteiger partial charge on any atom is 0.257 e. The van der Waals surface area contributed by atoms with Gasteiger partial charge in [-0.2, -0.15) is 0 Å². The Morgan fingerprint density at radius 1 is 0.733 bits per heavy atom. The fourth-order valence-electron chi connectivity index (χ4n) is 4.25. The number of amides is 1. The van der Waals surface area contributed by atoms with Gasteiger partial charge in [0.25, 0.3) is 5.91 Å². The summed E-state index contributed by atoms with van der Waals surface area (Å²) >= 11 is 0. The summed E-state index contributed by atoms with van der Waals surface area (Å²) in [5, 5.41) is 0. The Morgan fingerprint density at radius 2 is 1.40 bits per heavy atom. The molecular weight excluding hydrogens is 374 g/mol. The lowest BCUT2D eigenvalue weighted by Gasteiger charge is -2.36. The number of carbonyl (C=O) groups is 1. The van der Waals surface area contributed by atoms with E-state index in [1.54, 1.807) is 12.4 Å². The minimum atomic E-state index is 0.0123. The largest absolute Gasteiger partial charge is 0.368 e. The molecule has 0 N–H and O–H groups in total. The lowest BCUT2D eigenvalue weighted by Crippen LogP contribution is -2.48. The molecule has 1 fully saturated rings. The van der Waals surface area contributed by atoms with Crippen molar-refractivity contribution in [1.29, 1.82) is 0 Å². The molecule has 3 aromatic rings. The van der Waals surface area contributed by atoms with Gasteiger partial charge in [0, 0.05) is 57.3 Å². The molecule has 6 nitrogen and oxygen atoms in total. The molecule has 6 heteroatoms. The fourth-order valence-corrected chi connectivity index (χ4v) is 4.25. The second-order valence-corrected chi connectivity index (χ2v) is 7.83. The predicted octanol–water partition coefficient (Wildman–Crippen LogP) is 3.00. The van der Waals surface area contributed by atoms with Crippen molar-refractivity contribution in [3.8, 4) is 0 Å². The van der Waals surface area contributed by atoms with Crippen LogP contribution in [0.2, 0.25) is 0 Å². The van der Waals surface area contributed by atoms with Gasteiger partial charge in [0.2, 0.25) is 5.95 Å². The third kappa shape index (κ3) is 3.73. The molecule has 0 atom stereocenters. The van der Waals surface area contributed by atoms with Crippen LogP contribution >= 0.6 is 0 Å². The van der Waals surface area contributed by atoms with Gasteiger partial charge in [-0.05, 0) is 29.7 Å². The van der Waals surface area contributed by atoms with Crippen molar-refractivity contribution >= 4 is 17.5 Å². The minimum Gasteiger partial charge on any atom is -0.368 e. The van der Waals surface area contributed by atoms with Gasteiger partial charge in [0.15, 0.2) is 0 Å². The fraction of sp³-hybridized carbons (Fsp3) is 0.292. The number of rotatable bonds is 3. The van der Waals surface area contributed by atoms with Crippen LogP contribution in [0, 0.1) is 0 Å². The molecule has 2 aliphatic rings. The molecule has 1 saturated heterocycles. The van der Waals surface area contributed by atoms with Gasteiger partial charge in [-0.25, -0.2) is 9.97 Å². The molecule has 0 saturated carbocycles. The van der Waals surface area contributed by atoms with Crippen molar-refractivity contribution in [3.05, 3.63) is 83.7 Å². The Labute approximate surface area is 176 Å². The maximum atomic E-state index is 12.9. The number of piperazine rings is 1. The van der Waals surface area contributed by atoms with E-state index < -0.39 is 0 Å². The monoisotopic (exact) mass is 399 g/mol. The van der Waals surface area contributed by atoms with E-state index in [2.05, 4.69) is 56.2 Å². The number of nitrogens with zero attached hydrogens (tertiary/aromatic N) is 5. The van der Waals surface area contributed by atoms with Crippen molar-refractivity contribution in [3.63, 3.8) is 0 Å². The summed E-state index contributed by atoms with van der Waals surface area (Å²) in [4.78, 5) is 28.3. The predicted molar refractivity (Wildman–Crippen MR) is 118 cm³/mol. The lowest BCUT2D eigenvalue weighted by atomic mass is 10.0. The molecule has 5 rings (SSSR count). The number of para-hydroxylation sites is 1. The van der Waals surface area contributed by atoms with E-state index in [1.807, 2.05) is 23.1 Å². The Hall–Kier alpha value is -3.41. The summed E-state index contributed by atoms with van der Waals surface area (Å²) in [6.07, 6.45) is 4.34. The molecule has 0 spiro atoms. The first kappa shape index (κ1) is 18.6. The molecule has 0 radical (unpaired) electrons. The van der Waals surface area contributed by atoms with Crippen molar-refractivity contribution < 1.29 is 4.79 Å². The highest BCUT2D eigenvalue weighted by Crippen LogP contribution is 2.22. The highest BCUT2D eigenvalue weighted by atomic mass is 16.2. The third-order valence-electron chi connectivity index (χ3n) is 5.99. The van der Waals surface area contributed by atoms with Gasteiger partial charge < -0.3 is 14.7 Å². The van der Waals surface area contributed by atoms with Crippen LogP contribution < -0.4 is 9.80 Å². The summed E-state index contributed by atoms with van der Waals surface area (Å²) in [7, 11) is 0. The Kier molecular flexibility index (Phi) is 5.05. The zero-order valence-corrected chi connectivity index (χ0v) is 16.9. The number of hydrogen-bond donors (Lipinski definition) is 0. The summed E-state index contributed by atoms with van der Waals surface area (Å²) in [5.41, 5.74) is 4.49. The Balaban J connectivity index is 1.21. The molecule has 0 aliphatic carbocycles. The number of carbonyl (C=O) groups excluding carboxylic acids is 1. The third-order valence-corrected chi connectivity index (χ3v) is 5.99. The van der Waals surface area contributed by atoms with Gasteiger partial charge in [0.1, 0.15) is 0 Å². The molecule has 152 valence electrons. The first-order chi connectivity index (χ1) is 14.8. The highest BCUT2D eigenvalue weighted by molar-refractivity contribution is 5.93. The second kappa shape index (κ2) is 8.14. The summed E-state index contributed by atoms with van der Waals surface area (Å²) in [6, 6.07) is 18.9. The SMILES string of the molecule is O=C(c1cnc(N2CCc3ccccc3C2)nc1)N1CCN(c2ccccc2)CC1. The van der Waals surface area contributed by atoms with Gasteiger partial charge in [-0.15, -0.1) is 0 Å². The van der Waals surface area contributed by atoms with Crippen LogP contribution in [0.1, 0.15) is 21.5 Å². The molecule has 2 aliphatic heterocycles. The zero-order chi connectivity index (χ0) is 20.3. The van der Waals surface area contributed by atoms with E-state index >= 15 is 0 Å². The number of anilines is 2. The van der Waals surface area contributed by atoms with Crippen LogP contribution in [-0.4, -0.2) is 53.5 Å². The van der Waals surface area contributed by atoms with Crippen molar-refractivity contribution in [2.24, 2.45) is 0 Å². The first-order valence-electron chi connectivity index (χ1n) is 10.5. The van der Waals surface area contributed by atoms with Crippen molar-refractivity contribution in [1.82, 2.24) is 14.9 Å². The van der Waals surface area contributed by atoms with Crippen LogP contribution in [-0.2, 0) is 13.0 Å². The first-order valence-corrected chi connectivity index (χ1v) is 10.5. The minimum absolute atomic E-state index is 0.0123. The summed E-state index contributed by atoms with van der Waals surface area (Å²) in [6.45, 7) is 4.79. The molecule has 2 aromatic carbocycles. The Bertz CT molecular complexity index is 1010. The standard InChI is InChI=1S/C24H25N5O/c30-23(28-14-12-27(13-15-28)22-8-2-1-3-9-22)21-16-25-24(26-17-21)29-11-10-19-6-4-5-7-20(19)18-29/h1-9,16-17H,10-15,18H2. The molecule has 0 unspecified atom stereocenters. The van der Waals surface area contributed by atoms with E-state index in [1.165, 1.54) is 16.8 Å². The highest BCUT2D eigenvalue weighted by Gasteiger charge is 2.24. The smallest absolute Gasteiger partial charge is 0.257 e. The molecule has 0 bridgehead atoms. The average Bonchev–Trinajstić information content (AvgIpc) is 2.84. The zero-order valence-electron chi connectivity index (χ0n) is 16.9. The summed E-state index contributed by atoms with van der Waals surface area (Å²) < 4.78 is 0. The van der Waals surface area contributed by atoms with Crippen molar-refractivity contribution in [2.75, 3.05) is 42.5 Å². The lowest BCUT2D eigenvalue weighted by molar-refractivity contribution is 0.0746. The average molecular weight is 399 g/mol. The van der Waals surface area contributed by atoms with Gasteiger partial charge in [-0.1, -0.05) is 42.5 Å². The maximum absolute atomic E-state index is 12.9. The van der Waals surface area contributed by atoms with Crippen LogP contribution in [0.5, 0.6) is 0 Å². The van der Waals surface area contributed by atoms with Gasteiger partial charge in [0.05, 0.1) is 5.56 Å². The van der Waals surface area contributed by atoms with Gasteiger partial charge >= 0.3 is 0 Å². The van der Waals surface area contributed by atoms with E-state index in [0.29, 0.717) is 24.6 Å². The molecule has 1 amide bonds. The van der Waals surface area contributed by atoms with E-state index in [0.717, 1.165) is 32.6 Å². The van der Waals surface area contributed by atoms with Crippen LogP contribution in [0.15, 0.2) is 67.0 Å². The number of hydrogen-bond acceptors (Lipinski definition) is 5. The number of aromatic nitrogens is 2. The molecular formula is C24H25N5O. The van der Waals surface area contributed by atoms with E-state index in [-0.39, 0.29) is 5.91 Å². The van der Waals surface area contributed by atoms with Crippen molar-refractivity contribution in [2.45, 2.75) is 13.0 Å². The van der Waals surface area contributed by atoms with Crippen LogP contribution in [0.3, 0.4) is 0 Å². The topological polar surface area (TPSA) is 52.6 Å². The number of fused-ring (bicyclic) bond motifs is 1. The molecule has 3 heterocycles. The Morgan fingerprint density at radius 3 is 2.13 bits per heavy atom. The van der Waals surface area contributed by atoms with E-state index in [4.69, 9.17) is 0 Å². The molecule has 30 heavy (non-hydrogen) atoms. The quantitative estimate of drug-likeness (QED) is 0.678. The van der Waals surface area contributed by atoms with Crippen LogP contribution in [0.25, 0.3) is 0 Å². The summed E-state index contributed by atoms with van der Waals surface area (Å²) in [5.74, 6) is 0.702. The molecule has 1 aromatic heterocycles. The van der Waals surface area contributed by atoms with E-state index in [9.17, 15) is 4.79 Å². The second-order valence-electron chi connectivity index (χ2n) is 7.83. The number of benzene rings is 2. The van der Waals surface area contributed by atoms with Crippen LogP contribution in [0.4, 0.5) is 11.6 Å². The van der Waals surface area contributed by atoms with Gasteiger partial charge in [-0.3, -0.25) is 4.79 Å². The normalized spacial score (nSPS) is 16.3.